The minimum absolute atomic E-state index is 0.0910. The fourth-order valence-electron chi connectivity index (χ4n) is 11.6. The van der Waals surface area contributed by atoms with Crippen molar-refractivity contribution in [2.75, 3.05) is 0 Å². The van der Waals surface area contributed by atoms with E-state index in [2.05, 4.69) is 48.5 Å². The van der Waals surface area contributed by atoms with Crippen LogP contribution in [0.4, 0.5) is 0 Å². The second-order valence-corrected chi connectivity index (χ2v) is 15.3. The average molecular weight is 455 g/mol. The lowest BCUT2D eigenvalue weighted by Gasteiger charge is -2.72. The largest absolute Gasteiger partial charge is 0.461 e. The summed E-state index contributed by atoms with van der Waals surface area (Å²) >= 11 is 0. The van der Waals surface area contributed by atoms with Gasteiger partial charge in [-0.1, -0.05) is 48.5 Å². The number of Topliss-reactive ketones (excluding diaryl/α,β-unsaturated/α-hetero) is 1. The molecule has 9 atom stereocenters. The summed E-state index contributed by atoms with van der Waals surface area (Å²) in [5, 5.41) is 0. The molecule has 3 heteroatoms. The lowest BCUT2D eigenvalue weighted by molar-refractivity contribution is -0.239. The van der Waals surface area contributed by atoms with Crippen LogP contribution in [-0.2, 0) is 14.3 Å². The molecule has 5 saturated carbocycles. The van der Waals surface area contributed by atoms with Crippen LogP contribution in [0.15, 0.2) is 0 Å². The van der Waals surface area contributed by atoms with Crippen LogP contribution in [0.3, 0.4) is 0 Å². The number of hydrogen-bond donors (Lipinski definition) is 0. The van der Waals surface area contributed by atoms with Crippen LogP contribution in [0.25, 0.3) is 0 Å². The number of ether oxygens (including phenoxy) is 1. The molecular weight excluding hydrogens is 408 g/mol. The normalized spacial score (nSPS) is 56.2. The molecule has 0 radical (unpaired) electrons. The molecule has 0 aromatic heterocycles. The lowest BCUT2D eigenvalue weighted by Crippen LogP contribution is -2.67. The number of rotatable bonds is 0. The molecule has 2 bridgehead atoms. The smallest absolute Gasteiger partial charge is 0.312 e. The van der Waals surface area contributed by atoms with Gasteiger partial charge < -0.3 is 4.74 Å². The molecule has 0 aromatic carbocycles. The van der Waals surface area contributed by atoms with Gasteiger partial charge >= 0.3 is 5.97 Å². The van der Waals surface area contributed by atoms with Gasteiger partial charge in [-0.05, 0) is 91.8 Å². The Morgan fingerprint density at radius 2 is 1.42 bits per heavy atom. The lowest BCUT2D eigenvalue weighted by atomic mass is 9.31. The Morgan fingerprint density at radius 3 is 2.15 bits per heavy atom. The van der Waals surface area contributed by atoms with Crippen molar-refractivity contribution in [3.63, 3.8) is 0 Å². The van der Waals surface area contributed by atoms with Crippen LogP contribution < -0.4 is 0 Å². The summed E-state index contributed by atoms with van der Waals surface area (Å²) in [5.74, 6) is 2.80. The minimum Gasteiger partial charge on any atom is -0.461 e. The van der Waals surface area contributed by atoms with Crippen LogP contribution in [0, 0.1) is 56.2 Å². The van der Waals surface area contributed by atoms with Crippen LogP contribution in [-0.4, -0.2) is 17.9 Å². The maximum atomic E-state index is 13.3. The standard InChI is InChI=1S/C30H46O3/c1-25(2)14-16-30-17-15-28(6)18(22(30)23(25)33-24(30)32)8-9-20-27(5)12-11-21(31)26(3,4)19(27)10-13-29(20,28)7/h18-20,22-23H,8-17H2,1-7H3/t18-,19+,20+,22-,23+,27+,28-,29+,30-/m1/s1. The van der Waals surface area contributed by atoms with E-state index in [1.807, 2.05) is 0 Å². The van der Waals surface area contributed by atoms with Gasteiger partial charge in [0.1, 0.15) is 11.9 Å². The molecular formula is C30H46O3. The van der Waals surface area contributed by atoms with Crippen LogP contribution in [0.2, 0.25) is 0 Å². The first-order valence-electron chi connectivity index (χ1n) is 14.0. The van der Waals surface area contributed by atoms with E-state index in [1.165, 1.54) is 32.1 Å². The molecule has 0 aromatic rings. The third kappa shape index (κ3) is 2.39. The Bertz CT molecular complexity index is 918. The summed E-state index contributed by atoms with van der Waals surface area (Å²) < 4.78 is 6.27. The van der Waals surface area contributed by atoms with Gasteiger partial charge in [0.25, 0.3) is 0 Å². The Labute approximate surface area is 201 Å². The molecule has 6 rings (SSSR count). The van der Waals surface area contributed by atoms with Crippen molar-refractivity contribution in [1.82, 2.24) is 0 Å². The van der Waals surface area contributed by atoms with Crippen molar-refractivity contribution in [2.45, 2.75) is 119 Å². The first kappa shape index (κ1) is 22.6. The van der Waals surface area contributed by atoms with Gasteiger partial charge in [-0.15, -0.1) is 0 Å². The third-order valence-corrected chi connectivity index (χ3v) is 13.8. The number of fused-ring (bicyclic) bond motifs is 5. The van der Waals surface area contributed by atoms with Gasteiger partial charge in [0.05, 0.1) is 5.41 Å². The van der Waals surface area contributed by atoms with Crippen molar-refractivity contribution < 1.29 is 14.3 Å². The van der Waals surface area contributed by atoms with E-state index in [0.717, 1.165) is 32.1 Å². The van der Waals surface area contributed by atoms with E-state index in [1.54, 1.807) is 0 Å². The van der Waals surface area contributed by atoms with E-state index in [-0.39, 0.29) is 44.6 Å². The highest BCUT2D eigenvalue weighted by Gasteiger charge is 2.75. The Balaban J connectivity index is 1.42. The quantitative estimate of drug-likeness (QED) is 0.371. The Kier molecular flexibility index (Phi) is 4.30. The highest BCUT2D eigenvalue weighted by atomic mass is 16.6. The third-order valence-electron chi connectivity index (χ3n) is 13.8. The maximum absolute atomic E-state index is 13.3. The Morgan fingerprint density at radius 1 is 0.727 bits per heavy atom. The predicted octanol–water partition coefficient (Wildman–Crippen LogP) is 6.97. The molecule has 0 amide bonds. The highest BCUT2D eigenvalue weighted by molar-refractivity contribution is 5.85. The summed E-state index contributed by atoms with van der Waals surface area (Å²) in [4.78, 5) is 26.3. The maximum Gasteiger partial charge on any atom is 0.312 e. The summed E-state index contributed by atoms with van der Waals surface area (Å²) in [5.41, 5.74) is 0.494. The summed E-state index contributed by atoms with van der Waals surface area (Å²) in [6.07, 6.45) is 11.2. The van der Waals surface area contributed by atoms with Gasteiger partial charge in [-0.3, -0.25) is 9.59 Å². The molecule has 0 N–H and O–H groups in total. The molecule has 33 heavy (non-hydrogen) atoms. The van der Waals surface area contributed by atoms with Gasteiger partial charge in [0.2, 0.25) is 0 Å². The molecule has 1 saturated heterocycles. The topological polar surface area (TPSA) is 43.4 Å². The van der Waals surface area contributed by atoms with Crippen molar-refractivity contribution in [1.29, 1.82) is 0 Å². The van der Waals surface area contributed by atoms with Crippen LogP contribution in [0.1, 0.15) is 113 Å². The second kappa shape index (κ2) is 6.28. The number of ketones is 1. The fourth-order valence-corrected chi connectivity index (χ4v) is 11.6. The predicted molar refractivity (Wildman–Crippen MR) is 129 cm³/mol. The van der Waals surface area contributed by atoms with Crippen molar-refractivity contribution in [3.8, 4) is 0 Å². The van der Waals surface area contributed by atoms with Gasteiger partial charge in [-0.2, -0.15) is 0 Å². The summed E-state index contributed by atoms with van der Waals surface area (Å²) in [6.45, 7) is 17.0. The zero-order chi connectivity index (χ0) is 23.8. The first-order valence-corrected chi connectivity index (χ1v) is 14.0. The number of carbonyl (C=O) groups excluding carboxylic acids is 2. The van der Waals surface area contributed by atoms with Crippen LogP contribution in [0.5, 0.6) is 0 Å². The van der Waals surface area contributed by atoms with Gasteiger partial charge in [-0.25, -0.2) is 0 Å². The molecule has 1 heterocycles. The highest BCUT2D eigenvalue weighted by Crippen LogP contribution is 2.77. The molecule has 6 aliphatic rings. The van der Waals surface area contributed by atoms with Crippen molar-refractivity contribution >= 4 is 11.8 Å². The van der Waals surface area contributed by atoms with Crippen molar-refractivity contribution in [2.24, 2.45) is 56.2 Å². The minimum atomic E-state index is -0.200. The molecule has 6 fully saturated rings. The molecule has 5 aliphatic carbocycles. The van der Waals surface area contributed by atoms with E-state index in [4.69, 9.17) is 4.74 Å². The second-order valence-electron chi connectivity index (χ2n) is 15.3. The van der Waals surface area contributed by atoms with Crippen molar-refractivity contribution in [3.05, 3.63) is 0 Å². The number of esters is 1. The molecule has 184 valence electrons. The monoisotopic (exact) mass is 454 g/mol. The zero-order valence-corrected chi connectivity index (χ0v) is 22.2. The number of carbonyl (C=O) groups is 2. The Hall–Kier alpha value is -0.860. The molecule has 3 nitrogen and oxygen atoms in total. The fraction of sp³-hybridized carbons (Fsp3) is 0.933. The molecule has 0 spiro atoms. The van der Waals surface area contributed by atoms with Gasteiger partial charge in [0, 0.05) is 23.2 Å². The van der Waals surface area contributed by atoms with E-state index in [0.29, 0.717) is 29.5 Å². The van der Waals surface area contributed by atoms with Crippen LogP contribution >= 0.6 is 0 Å². The van der Waals surface area contributed by atoms with E-state index < -0.39 is 0 Å². The molecule has 1 aliphatic heterocycles. The first-order chi connectivity index (χ1) is 15.2. The van der Waals surface area contributed by atoms with E-state index in [9.17, 15) is 9.59 Å². The van der Waals surface area contributed by atoms with E-state index >= 15 is 0 Å². The number of hydrogen-bond acceptors (Lipinski definition) is 3. The summed E-state index contributed by atoms with van der Waals surface area (Å²) in [6, 6.07) is 0. The average Bonchev–Trinajstić information content (AvgIpc) is 2.99. The molecule has 0 unspecified atom stereocenters. The zero-order valence-electron chi connectivity index (χ0n) is 22.2. The van der Waals surface area contributed by atoms with Gasteiger partial charge in [0.15, 0.2) is 0 Å². The summed E-state index contributed by atoms with van der Waals surface area (Å²) in [7, 11) is 0. The SMILES string of the molecule is CC1(C)CC[C@@]23CC[C@]4(C)[C@H](CC[C@H]5[C@@]6(C)CCC(=O)C(C)(C)[C@@H]6CC[C@@]54C)[C@@H]2[C@@H]1OC3=O.